The third-order valence-corrected chi connectivity index (χ3v) is 9.39. The van der Waals surface area contributed by atoms with Crippen molar-refractivity contribution in [2.75, 3.05) is 0 Å². The van der Waals surface area contributed by atoms with Crippen LogP contribution in [0.2, 0.25) is 40.2 Å². The molecule has 0 bridgehead atoms. The van der Waals surface area contributed by atoms with Crippen LogP contribution in [0.1, 0.15) is 35.1 Å². The molecule has 0 saturated heterocycles. The molecule has 4 aromatic rings. The first-order valence-electron chi connectivity index (χ1n) is 11.1. The molecule has 0 saturated carbocycles. The lowest BCUT2D eigenvalue weighted by atomic mass is 9.76. The zero-order valence-electron chi connectivity index (χ0n) is 19.3. The van der Waals surface area contributed by atoms with E-state index in [0.717, 1.165) is 0 Å². The van der Waals surface area contributed by atoms with Crippen LogP contribution in [0.3, 0.4) is 0 Å². The third-order valence-electron chi connectivity index (χ3n) is 6.44. The maximum atomic E-state index is 12.2. The standard InChI is InChI=1S/C28H18Cl8O2/c29-19-5-1-15(11-23(19)33)27(37,16-2-6-20(30)24(34)12-16)9-10-28(38,17-3-7-21(31)25(35)13-17)18-4-8-22(32)26(36)14-18/h1-8,11-14,37-38H,9-10H2. The predicted molar refractivity (Wildman–Crippen MR) is 161 cm³/mol. The van der Waals surface area contributed by atoms with E-state index in [2.05, 4.69) is 0 Å². The summed E-state index contributed by atoms with van der Waals surface area (Å²) in [5.41, 5.74) is -1.56. The van der Waals surface area contributed by atoms with E-state index in [1.165, 1.54) is 0 Å². The Labute approximate surface area is 260 Å². The molecule has 0 aliphatic rings. The van der Waals surface area contributed by atoms with Crippen LogP contribution in [0.4, 0.5) is 0 Å². The normalized spacial score (nSPS) is 12.2. The fourth-order valence-electron chi connectivity index (χ4n) is 4.29. The molecule has 0 spiro atoms. The first-order chi connectivity index (χ1) is 17.8. The summed E-state index contributed by atoms with van der Waals surface area (Å²) in [6.07, 6.45) is -0.000172. The quantitative estimate of drug-likeness (QED) is 0.206. The molecule has 0 radical (unpaired) electrons. The second-order valence-electron chi connectivity index (χ2n) is 8.74. The zero-order chi connectivity index (χ0) is 27.8. The highest BCUT2D eigenvalue weighted by Crippen LogP contribution is 2.45. The average molecular weight is 670 g/mol. The summed E-state index contributed by atoms with van der Waals surface area (Å²) < 4.78 is 0. The molecular formula is C28H18Cl8O2. The molecule has 4 aromatic carbocycles. The van der Waals surface area contributed by atoms with Crippen molar-refractivity contribution in [1.29, 1.82) is 0 Å². The summed E-state index contributed by atoms with van der Waals surface area (Å²) in [6, 6.07) is 19.3. The topological polar surface area (TPSA) is 40.5 Å². The van der Waals surface area contributed by atoms with Crippen LogP contribution in [0, 0.1) is 0 Å². The smallest absolute Gasteiger partial charge is 0.115 e. The molecule has 10 heteroatoms. The number of aliphatic hydroxyl groups is 2. The van der Waals surface area contributed by atoms with Gasteiger partial charge in [-0.1, -0.05) is 117 Å². The third kappa shape index (κ3) is 6.06. The van der Waals surface area contributed by atoms with Crippen LogP contribution in [-0.2, 0) is 11.2 Å². The number of rotatable bonds is 7. The summed E-state index contributed by atoms with van der Waals surface area (Å²) in [5.74, 6) is 0. The SMILES string of the molecule is OC(CCC(O)(c1ccc(Cl)c(Cl)c1)c1ccc(Cl)c(Cl)c1)(c1ccc(Cl)c(Cl)c1)c1ccc(Cl)c(Cl)c1. The molecule has 38 heavy (non-hydrogen) atoms. The Kier molecular flexibility index (Phi) is 9.44. The molecular weight excluding hydrogens is 652 g/mol. The van der Waals surface area contributed by atoms with Crippen molar-refractivity contribution in [2.24, 2.45) is 0 Å². The summed E-state index contributed by atoms with van der Waals surface area (Å²) in [5, 5.41) is 26.8. The van der Waals surface area contributed by atoms with Crippen molar-refractivity contribution in [3.05, 3.63) is 135 Å². The van der Waals surface area contributed by atoms with E-state index in [4.69, 9.17) is 92.8 Å². The van der Waals surface area contributed by atoms with Gasteiger partial charge in [0.15, 0.2) is 0 Å². The lowest BCUT2D eigenvalue weighted by molar-refractivity contribution is 0.0158. The number of hydrogen-bond donors (Lipinski definition) is 2. The Balaban J connectivity index is 1.87. The lowest BCUT2D eigenvalue weighted by Gasteiger charge is -2.36. The van der Waals surface area contributed by atoms with Gasteiger partial charge in [0.05, 0.1) is 40.2 Å². The minimum atomic E-state index is -1.66. The second kappa shape index (κ2) is 11.9. The van der Waals surface area contributed by atoms with Gasteiger partial charge in [0, 0.05) is 0 Å². The van der Waals surface area contributed by atoms with Crippen molar-refractivity contribution in [1.82, 2.24) is 0 Å². The van der Waals surface area contributed by atoms with E-state index in [-0.39, 0.29) is 32.9 Å². The molecule has 0 aromatic heterocycles. The number of hydrogen-bond acceptors (Lipinski definition) is 2. The Morgan fingerprint density at radius 1 is 0.368 bits per heavy atom. The van der Waals surface area contributed by atoms with Gasteiger partial charge in [0.2, 0.25) is 0 Å². The monoisotopic (exact) mass is 666 g/mol. The summed E-state index contributed by atoms with van der Waals surface area (Å²) in [6.45, 7) is 0. The Bertz CT molecular complexity index is 1290. The Morgan fingerprint density at radius 2 is 0.579 bits per heavy atom. The molecule has 0 aliphatic heterocycles. The summed E-state index contributed by atoms with van der Waals surface area (Å²) in [7, 11) is 0. The maximum Gasteiger partial charge on any atom is 0.115 e. The minimum Gasteiger partial charge on any atom is -0.380 e. The van der Waals surface area contributed by atoms with Crippen LogP contribution in [0.5, 0.6) is 0 Å². The Morgan fingerprint density at radius 3 is 0.763 bits per heavy atom. The van der Waals surface area contributed by atoms with Crippen LogP contribution in [0.15, 0.2) is 72.8 Å². The van der Waals surface area contributed by atoms with Gasteiger partial charge in [-0.15, -0.1) is 0 Å². The summed E-state index contributed by atoms with van der Waals surface area (Å²) >= 11 is 49.9. The van der Waals surface area contributed by atoms with Gasteiger partial charge < -0.3 is 10.2 Å². The van der Waals surface area contributed by atoms with Crippen molar-refractivity contribution >= 4 is 92.8 Å². The van der Waals surface area contributed by atoms with E-state index in [1.54, 1.807) is 72.8 Å². The van der Waals surface area contributed by atoms with E-state index in [9.17, 15) is 10.2 Å². The molecule has 0 atom stereocenters. The number of benzene rings is 4. The fraction of sp³-hybridized carbons (Fsp3) is 0.143. The van der Waals surface area contributed by atoms with Crippen molar-refractivity contribution < 1.29 is 10.2 Å². The van der Waals surface area contributed by atoms with Crippen LogP contribution < -0.4 is 0 Å². The molecule has 0 aliphatic carbocycles. The van der Waals surface area contributed by atoms with Gasteiger partial charge in [0.1, 0.15) is 11.2 Å². The molecule has 0 amide bonds. The van der Waals surface area contributed by atoms with Crippen molar-refractivity contribution in [2.45, 2.75) is 24.0 Å². The highest BCUT2D eigenvalue weighted by Gasteiger charge is 2.39. The average Bonchev–Trinajstić information content (AvgIpc) is 2.88. The van der Waals surface area contributed by atoms with E-state index in [1.807, 2.05) is 0 Å². The first-order valence-corrected chi connectivity index (χ1v) is 14.1. The molecule has 4 rings (SSSR count). The number of halogens is 8. The molecule has 2 N–H and O–H groups in total. The lowest BCUT2D eigenvalue weighted by Crippen LogP contribution is -2.34. The minimum absolute atomic E-state index is 0.0000858. The van der Waals surface area contributed by atoms with Crippen LogP contribution >= 0.6 is 92.8 Å². The van der Waals surface area contributed by atoms with Gasteiger partial charge >= 0.3 is 0 Å². The van der Waals surface area contributed by atoms with Crippen molar-refractivity contribution in [3.63, 3.8) is 0 Å². The highest BCUT2D eigenvalue weighted by atomic mass is 35.5. The van der Waals surface area contributed by atoms with E-state index >= 15 is 0 Å². The molecule has 0 heterocycles. The predicted octanol–water partition coefficient (Wildman–Crippen LogP) is 10.9. The Hall–Kier alpha value is -0.880. The van der Waals surface area contributed by atoms with Gasteiger partial charge in [-0.25, -0.2) is 0 Å². The van der Waals surface area contributed by atoms with Gasteiger partial charge in [-0.05, 0) is 83.6 Å². The van der Waals surface area contributed by atoms with Crippen LogP contribution in [-0.4, -0.2) is 10.2 Å². The summed E-state index contributed by atoms with van der Waals surface area (Å²) in [4.78, 5) is 0. The largest absolute Gasteiger partial charge is 0.380 e. The van der Waals surface area contributed by atoms with Gasteiger partial charge in [0.25, 0.3) is 0 Å². The molecule has 0 unspecified atom stereocenters. The molecule has 0 fully saturated rings. The van der Waals surface area contributed by atoms with Gasteiger partial charge in [-0.2, -0.15) is 0 Å². The fourth-order valence-corrected chi connectivity index (χ4v) is 5.48. The van der Waals surface area contributed by atoms with E-state index < -0.39 is 11.2 Å². The molecule has 198 valence electrons. The van der Waals surface area contributed by atoms with Gasteiger partial charge in [-0.3, -0.25) is 0 Å². The second-order valence-corrected chi connectivity index (χ2v) is 12.0. The highest BCUT2D eigenvalue weighted by molar-refractivity contribution is 6.43. The van der Waals surface area contributed by atoms with Crippen molar-refractivity contribution in [3.8, 4) is 0 Å². The first kappa shape index (κ1) is 30.1. The maximum absolute atomic E-state index is 12.2. The molecule has 2 nitrogen and oxygen atoms in total. The van der Waals surface area contributed by atoms with E-state index in [0.29, 0.717) is 42.3 Å². The zero-order valence-corrected chi connectivity index (χ0v) is 25.3. The van der Waals surface area contributed by atoms with Crippen LogP contribution in [0.25, 0.3) is 0 Å².